The van der Waals surface area contributed by atoms with Crippen molar-refractivity contribution in [3.05, 3.63) is 48.3 Å². The number of hydrogen-bond acceptors (Lipinski definition) is 5. The summed E-state index contributed by atoms with van der Waals surface area (Å²) in [7, 11) is 0. The molecule has 1 N–H and O–H groups in total. The maximum atomic E-state index is 6.00. The number of nitrogens with one attached hydrogen (secondary N) is 1. The zero-order chi connectivity index (χ0) is 14.1. The Morgan fingerprint density at radius 1 is 1.05 bits per heavy atom. The van der Waals surface area contributed by atoms with Gasteiger partial charge in [0, 0.05) is 32.4 Å². The highest BCUT2D eigenvalue weighted by molar-refractivity contribution is 6.03. The van der Waals surface area contributed by atoms with Gasteiger partial charge < -0.3 is 15.0 Å². The molecule has 2 aliphatic rings. The minimum atomic E-state index is 0.764. The van der Waals surface area contributed by atoms with Crippen LogP contribution in [0.15, 0.2) is 47.7 Å². The van der Waals surface area contributed by atoms with Gasteiger partial charge in [0.15, 0.2) is 11.5 Å². The van der Waals surface area contributed by atoms with Gasteiger partial charge in [-0.1, -0.05) is 12.1 Å². The molecule has 2 aliphatic heterocycles. The van der Waals surface area contributed by atoms with Gasteiger partial charge in [-0.05, 0) is 18.2 Å². The fraction of sp³-hybridized carbons (Fsp3) is 0.250. The summed E-state index contributed by atoms with van der Waals surface area (Å²) in [6.07, 6.45) is 3.55. The molecule has 1 aromatic carbocycles. The molecule has 1 fully saturated rings. The number of nitrogens with zero attached hydrogens (tertiary/aromatic N) is 3. The van der Waals surface area contributed by atoms with Crippen LogP contribution in [0.5, 0.6) is 11.5 Å². The fourth-order valence-corrected chi connectivity index (χ4v) is 2.69. The lowest BCUT2D eigenvalue weighted by molar-refractivity contribution is 0.357. The molecular formula is C16H16N4O. The first kappa shape index (κ1) is 12.3. The standard InChI is InChI=1S/C16H16N4O/c1-2-4-14-13(3-1)19-16(20-9-7-17-8-10-20)12-5-6-18-11-15(12)21-14/h1-6,11,17H,7-10H2. The van der Waals surface area contributed by atoms with E-state index in [-0.39, 0.29) is 0 Å². The van der Waals surface area contributed by atoms with Gasteiger partial charge in [0.05, 0.1) is 11.8 Å². The van der Waals surface area contributed by atoms with Crippen molar-refractivity contribution in [2.24, 2.45) is 4.99 Å². The molecule has 5 nitrogen and oxygen atoms in total. The summed E-state index contributed by atoms with van der Waals surface area (Å²) in [4.78, 5) is 11.4. The molecule has 0 radical (unpaired) electrons. The number of rotatable bonds is 0. The molecule has 0 saturated carbocycles. The minimum Gasteiger partial charge on any atom is -0.453 e. The number of benzene rings is 1. The van der Waals surface area contributed by atoms with Crippen molar-refractivity contribution < 1.29 is 4.74 Å². The molecule has 0 atom stereocenters. The number of piperazine rings is 1. The Morgan fingerprint density at radius 2 is 1.90 bits per heavy atom. The molecule has 0 unspecified atom stereocenters. The van der Waals surface area contributed by atoms with E-state index in [0.717, 1.165) is 54.8 Å². The summed E-state index contributed by atoms with van der Waals surface area (Å²) in [5.74, 6) is 2.51. The third-order valence-electron chi connectivity index (χ3n) is 3.75. The Labute approximate surface area is 123 Å². The van der Waals surface area contributed by atoms with Gasteiger partial charge in [-0.3, -0.25) is 4.98 Å². The van der Waals surface area contributed by atoms with E-state index in [1.807, 2.05) is 30.3 Å². The predicted molar refractivity (Wildman–Crippen MR) is 81.4 cm³/mol. The molecule has 0 amide bonds. The smallest absolute Gasteiger partial charge is 0.156 e. The lowest BCUT2D eigenvalue weighted by atomic mass is 10.2. The SMILES string of the molecule is c1ccc2c(c1)N=C(N1CCNCC1)c1ccncc1O2. The second-order valence-electron chi connectivity index (χ2n) is 5.11. The summed E-state index contributed by atoms with van der Waals surface area (Å²) in [6.45, 7) is 3.84. The van der Waals surface area contributed by atoms with Gasteiger partial charge in [-0.15, -0.1) is 0 Å². The second kappa shape index (κ2) is 5.18. The summed E-state index contributed by atoms with van der Waals surface area (Å²) >= 11 is 0. The Balaban J connectivity index is 1.87. The molecule has 3 heterocycles. The number of aromatic nitrogens is 1. The monoisotopic (exact) mass is 280 g/mol. The molecular weight excluding hydrogens is 264 g/mol. The Kier molecular flexibility index (Phi) is 3.05. The summed E-state index contributed by atoms with van der Waals surface area (Å²) in [5, 5.41) is 3.37. The quantitative estimate of drug-likeness (QED) is 0.803. The van der Waals surface area contributed by atoms with Gasteiger partial charge in [-0.25, -0.2) is 4.99 Å². The van der Waals surface area contributed by atoms with Crippen molar-refractivity contribution in [2.75, 3.05) is 26.2 Å². The highest BCUT2D eigenvalue weighted by atomic mass is 16.5. The maximum Gasteiger partial charge on any atom is 0.156 e. The number of amidine groups is 1. The molecule has 5 heteroatoms. The van der Waals surface area contributed by atoms with E-state index in [1.54, 1.807) is 12.4 Å². The number of para-hydroxylation sites is 2. The Hall–Kier alpha value is -2.40. The lowest BCUT2D eigenvalue weighted by Gasteiger charge is -2.30. The van der Waals surface area contributed by atoms with E-state index in [2.05, 4.69) is 15.2 Å². The average Bonchev–Trinajstić information content (AvgIpc) is 2.72. The maximum absolute atomic E-state index is 6.00. The molecule has 0 aliphatic carbocycles. The van der Waals surface area contributed by atoms with E-state index >= 15 is 0 Å². The van der Waals surface area contributed by atoms with Crippen LogP contribution < -0.4 is 10.1 Å². The molecule has 1 aromatic heterocycles. The van der Waals surface area contributed by atoms with Crippen LogP contribution in [0.3, 0.4) is 0 Å². The highest BCUT2D eigenvalue weighted by Gasteiger charge is 2.23. The van der Waals surface area contributed by atoms with Crippen molar-refractivity contribution in [1.29, 1.82) is 0 Å². The van der Waals surface area contributed by atoms with Crippen LogP contribution >= 0.6 is 0 Å². The summed E-state index contributed by atoms with van der Waals surface area (Å²) in [5.41, 5.74) is 1.87. The first-order valence-electron chi connectivity index (χ1n) is 7.17. The van der Waals surface area contributed by atoms with Gasteiger partial charge in [0.25, 0.3) is 0 Å². The molecule has 0 bridgehead atoms. The van der Waals surface area contributed by atoms with Crippen molar-refractivity contribution in [2.45, 2.75) is 0 Å². The summed E-state index contributed by atoms with van der Waals surface area (Å²) < 4.78 is 6.00. The van der Waals surface area contributed by atoms with Crippen LogP contribution in [0.1, 0.15) is 5.56 Å². The largest absolute Gasteiger partial charge is 0.453 e. The van der Waals surface area contributed by atoms with Gasteiger partial charge >= 0.3 is 0 Å². The van der Waals surface area contributed by atoms with Crippen LogP contribution in [0.25, 0.3) is 0 Å². The third-order valence-corrected chi connectivity index (χ3v) is 3.75. The number of aliphatic imine (C=N–C) groups is 1. The number of pyridine rings is 1. The van der Waals surface area contributed by atoms with Crippen LogP contribution in [-0.2, 0) is 0 Å². The van der Waals surface area contributed by atoms with E-state index in [9.17, 15) is 0 Å². The number of ether oxygens (including phenoxy) is 1. The normalized spacial score (nSPS) is 17.1. The van der Waals surface area contributed by atoms with Crippen molar-refractivity contribution in [1.82, 2.24) is 15.2 Å². The number of hydrogen-bond donors (Lipinski definition) is 1. The third kappa shape index (κ3) is 2.25. The molecule has 21 heavy (non-hydrogen) atoms. The van der Waals surface area contributed by atoms with Crippen LogP contribution in [0, 0.1) is 0 Å². The summed E-state index contributed by atoms with van der Waals surface area (Å²) in [6, 6.07) is 9.84. The highest BCUT2D eigenvalue weighted by Crippen LogP contribution is 2.37. The van der Waals surface area contributed by atoms with Crippen molar-refractivity contribution in [3.8, 4) is 11.5 Å². The van der Waals surface area contributed by atoms with Crippen molar-refractivity contribution in [3.63, 3.8) is 0 Å². The Bertz CT molecular complexity index is 692. The molecule has 1 saturated heterocycles. The first-order chi connectivity index (χ1) is 10.4. The van der Waals surface area contributed by atoms with E-state index < -0.39 is 0 Å². The van der Waals surface area contributed by atoms with Crippen LogP contribution in [0.2, 0.25) is 0 Å². The zero-order valence-electron chi connectivity index (χ0n) is 11.6. The topological polar surface area (TPSA) is 49.8 Å². The van der Waals surface area contributed by atoms with E-state index in [1.165, 1.54) is 0 Å². The van der Waals surface area contributed by atoms with Crippen LogP contribution in [-0.4, -0.2) is 41.9 Å². The second-order valence-corrected chi connectivity index (χ2v) is 5.11. The Morgan fingerprint density at radius 3 is 2.81 bits per heavy atom. The molecule has 0 spiro atoms. The predicted octanol–water partition coefficient (Wildman–Crippen LogP) is 2.17. The lowest BCUT2D eigenvalue weighted by Crippen LogP contribution is -2.46. The fourth-order valence-electron chi connectivity index (χ4n) is 2.69. The average molecular weight is 280 g/mol. The van der Waals surface area contributed by atoms with Gasteiger partial charge in [-0.2, -0.15) is 0 Å². The van der Waals surface area contributed by atoms with Crippen LogP contribution in [0.4, 0.5) is 5.69 Å². The van der Waals surface area contributed by atoms with E-state index in [0.29, 0.717) is 0 Å². The molecule has 106 valence electrons. The van der Waals surface area contributed by atoms with E-state index in [4.69, 9.17) is 9.73 Å². The first-order valence-corrected chi connectivity index (χ1v) is 7.17. The molecule has 4 rings (SSSR count). The van der Waals surface area contributed by atoms with Crippen molar-refractivity contribution >= 4 is 11.5 Å². The molecule has 2 aromatic rings. The zero-order valence-corrected chi connectivity index (χ0v) is 11.6. The number of fused-ring (bicyclic) bond motifs is 2. The van der Waals surface area contributed by atoms with Gasteiger partial charge in [0.1, 0.15) is 11.5 Å². The minimum absolute atomic E-state index is 0.764. The van der Waals surface area contributed by atoms with Gasteiger partial charge in [0.2, 0.25) is 0 Å².